The minimum absolute atomic E-state index is 0.0759. The van der Waals surface area contributed by atoms with Crippen LogP contribution in [0.15, 0.2) is 22.8 Å². The molecule has 1 aromatic rings. The lowest BCUT2D eigenvalue weighted by atomic mass is 10.2. The van der Waals surface area contributed by atoms with Crippen molar-refractivity contribution in [3.05, 3.63) is 24.2 Å². The zero-order valence-corrected chi connectivity index (χ0v) is 8.44. The first-order valence-corrected chi connectivity index (χ1v) is 5.12. The number of carbonyl (C=O) groups is 2. The summed E-state index contributed by atoms with van der Waals surface area (Å²) in [5, 5.41) is 0. The molecule has 1 fully saturated rings. The highest BCUT2D eigenvalue weighted by Gasteiger charge is 2.21. The highest BCUT2D eigenvalue weighted by atomic mass is 16.3. The maximum Gasteiger partial charge on any atom is 0.230 e. The fraction of sp³-hybridized carbons (Fsp3) is 0.455. The molecular weight excluding hydrogens is 194 g/mol. The van der Waals surface area contributed by atoms with Crippen LogP contribution in [0.2, 0.25) is 0 Å². The number of hydrogen-bond acceptors (Lipinski definition) is 3. The molecule has 4 nitrogen and oxygen atoms in total. The van der Waals surface area contributed by atoms with Crippen LogP contribution in [0.3, 0.4) is 0 Å². The van der Waals surface area contributed by atoms with E-state index in [4.69, 9.17) is 4.42 Å². The van der Waals surface area contributed by atoms with Gasteiger partial charge in [0.15, 0.2) is 5.76 Å². The molecule has 80 valence electrons. The van der Waals surface area contributed by atoms with E-state index >= 15 is 0 Å². The number of carbonyl (C=O) groups excluding carboxylic acids is 2. The van der Waals surface area contributed by atoms with Crippen molar-refractivity contribution >= 4 is 11.7 Å². The van der Waals surface area contributed by atoms with Gasteiger partial charge in [-0.25, -0.2) is 0 Å². The van der Waals surface area contributed by atoms with Crippen molar-refractivity contribution in [2.24, 2.45) is 0 Å². The van der Waals surface area contributed by atoms with Gasteiger partial charge in [-0.3, -0.25) is 9.59 Å². The van der Waals surface area contributed by atoms with Crippen molar-refractivity contribution in [2.45, 2.75) is 19.3 Å². The molecule has 2 heterocycles. The first-order valence-electron chi connectivity index (χ1n) is 5.12. The number of nitrogens with zero attached hydrogens (tertiary/aromatic N) is 1. The van der Waals surface area contributed by atoms with Crippen LogP contribution in [0.1, 0.15) is 29.8 Å². The maximum absolute atomic E-state index is 11.6. The van der Waals surface area contributed by atoms with Gasteiger partial charge in [0.05, 0.1) is 12.7 Å². The van der Waals surface area contributed by atoms with Crippen molar-refractivity contribution in [3.8, 4) is 0 Å². The van der Waals surface area contributed by atoms with Crippen LogP contribution in [-0.2, 0) is 4.79 Å². The molecule has 1 aliphatic rings. The number of rotatable bonds is 3. The Hall–Kier alpha value is -1.58. The van der Waals surface area contributed by atoms with Gasteiger partial charge in [0.1, 0.15) is 0 Å². The van der Waals surface area contributed by atoms with E-state index in [-0.39, 0.29) is 23.9 Å². The monoisotopic (exact) mass is 207 g/mol. The predicted molar refractivity (Wildman–Crippen MR) is 53.5 cm³/mol. The quantitative estimate of drug-likeness (QED) is 0.557. The van der Waals surface area contributed by atoms with Gasteiger partial charge in [-0.2, -0.15) is 0 Å². The topological polar surface area (TPSA) is 50.5 Å². The summed E-state index contributed by atoms with van der Waals surface area (Å²) in [4.78, 5) is 24.9. The molecule has 0 N–H and O–H groups in total. The van der Waals surface area contributed by atoms with Gasteiger partial charge in [0.25, 0.3) is 0 Å². The Morgan fingerprint density at radius 1 is 1.33 bits per heavy atom. The van der Waals surface area contributed by atoms with Crippen LogP contribution in [0, 0.1) is 0 Å². The Balaban J connectivity index is 1.91. The number of ketones is 1. The Bertz CT molecular complexity index is 350. The molecule has 0 bridgehead atoms. The Morgan fingerprint density at radius 2 is 2.07 bits per heavy atom. The lowest BCUT2D eigenvalue weighted by molar-refractivity contribution is -0.129. The standard InChI is InChI=1S/C11H13NO3/c13-9(10-4-3-7-15-10)8-11(14)12-5-1-2-6-12/h3-4,7H,1-2,5-6,8H2. The van der Waals surface area contributed by atoms with Crippen molar-refractivity contribution in [1.29, 1.82) is 0 Å². The van der Waals surface area contributed by atoms with Crippen molar-refractivity contribution in [2.75, 3.05) is 13.1 Å². The Morgan fingerprint density at radius 3 is 2.67 bits per heavy atom. The van der Waals surface area contributed by atoms with Crippen LogP contribution >= 0.6 is 0 Å². The number of furan rings is 1. The Kier molecular flexibility index (Phi) is 2.85. The Labute approximate surface area is 87.9 Å². The van der Waals surface area contributed by atoms with Gasteiger partial charge in [-0.1, -0.05) is 0 Å². The van der Waals surface area contributed by atoms with Gasteiger partial charge < -0.3 is 9.32 Å². The van der Waals surface area contributed by atoms with Gasteiger partial charge >= 0.3 is 0 Å². The molecule has 0 spiro atoms. The lowest BCUT2D eigenvalue weighted by Crippen LogP contribution is -2.29. The number of amides is 1. The molecule has 0 radical (unpaired) electrons. The minimum atomic E-state index is -0.239. The minimum Gasteiger partial charge on any atom is -0.461 e. The molecular formula is C11H13NO3. The highest BCUT2D eigenvalue weighted by Crippen LogP contribution is 2.11. The molecule has 0 atom stereocenters. The molecule has 4 heteroatoms. The first kappa shape index (κ1) is 9.96. The molecule has 0 saturated carbocycles. The van der Waals surface area contributed by atoms with Gasteiger partial charge in [0.2, 0.25) is 11.7 Å². The second-order valence-electron chi connectivity index (χ2n) is 3.67. The fourth-order valence-corrected chi connectivity index (χ4v) is 1.74. The molecule has 1 aliphatic heterocycles. The van der Waals surface area contributed by atoms with Gasteiger partial charge in [0, 0.05) is 13.1 Å². The summed E-state index contributed by atoms with van der Waals surface area (Å²) in [7, 11) is 0. The van der Waals surface area contributed by atoms with Gasteiger partial charge in [-0.15, -0.1) is 0 Å². The molecule has 1 aromatic heterocycles. The van der Waals surface area contributed by atoms with Gasteiger partial charge in [-0.05, 0) is 25.0 Å². The molecule has 0 aromatic carbocycles. The van der Waals surface area contributed by atoms with Crippen LogP contribution in [0.25, 0.3) is 0 Å². The van der Waals surface area contributed by atoms with Crippen LogP contribution in [-0.4, -0.2) is 29.7 Å². The van der Waals surface area contributed by atoms with E-state index in [9.17, 15) is 9.59 Å². The number of likely N-dealkylation sites (tertiary alicyclic amines) is 1. The highest BCUT2D eigenvalue weighted by molar-refractivity contribution is 6.05. The maximum atomic E-state index is 11.6. The van der Waals surface area contributed by atoms with Crippen LogP contribution in [0.4, 0.5) is 0 Å². The van der Waals surface area contributed by atoms with E-state index < -0.39 is 0 Å². The van der Waals surface area contributed by atoms with E-state index in [0.29, 0.717) is 0 Å². The molecule has 15 heavy (non-hydrogen) atoms. The number of Topliss-reactive ketones (excluding diaryl/α,β-unsaturated/α-hetero) is 1. The third-order valence-electron chi connectivity index (χ3n) is 2.57. The third-order valence-corrected chi connectivity index (χ3v) is 2.57. The molecule has 1 saturated heterocycles. The summed E-state index contributed by atoms with van der Waals surface area (Å²) in [6.45, 7) is 1.56. The summed E-state index contributed by atoms with van der Waals surface area (Å²) in [5.74, 6) is -0.0617. The van der Waals surface area contributed by atoms with Crippen molar-refractivity contribution < 1.29 is 14.0 Å². The van der Waals surface area contributed by atoms with Crippen LogP contribution < -0.4 is 0 Å². The summed E-state index contributed by atoms with van der Waals surface area (Å²) in [5.41, 5.74) is 0. The fourth-order valence-electron chi connectivity index (χ4n) is 1.74. The average molecular weight is 207 g/mol. The second kappa shape index (κ2) is 4.29. The first-order chi connectivity index (χ1) is 7.27. The third kappa shape index (κ3) is 2.26. The second-order valence-corrected chi connectivity index (χ2v) is 3.67. The predicted octanol–water partition coefficient (Wildman–Crippen LogP) is 1.47. The number of hydrogen-bond donors (Lipinski definition) is 0. The van der Waals surface area contributed by atoms with Crippen LogP contribution in [0.5, 0.6) is 0 Å². The molecule has 2 rings (SSSR count). The van der Waals surface area contributed by atoms with E-state index in [0.717, 1.165) is 25.9 Å². The largest absolute Gasteiger partial charge is 0.461 e. The van der Waals surface area contributed by atoms with E-state index in [1.807, 2.05) is 0 Å². The summed E-state index contributed by atoms with van der Waals surface area (Å²) in [6, 6.07) is 3.23. The molecule has 1 amide bonds. The van der Waals surface area contributed by atoms with E-state index in [2.05, 4.69) is 0 Å². The van der Waals surface area contributed by atoms with Crippen molar-refractivity contribution in [3.63, 3.8) is 0 Å². The zero-order chi connectivity index (χ0) is 10.7. The molecule has 0 unspecified atom stereocenters. The summed E-state index contributed by atoms with van der Waals surface area (Å²) in [6.07, 6.45) is 3.45. The van der Waals surface area contributed by atoms with E-state index in [1.54, 1.807) is 17.0 Å². The zero-order valence-electron chi connectivity index (χ0n) is 8.44. The SMILES string of the molecule is O=C(CC(=O)N1CCCC1)c1ccco1. The summed E-state index contributed by atoms with van der Waals surface area (Å²) < 4.78 is 4.94. The molecule has 0 aliphatic carbocycles. The van der Waals surface area contributed by atoms with Crippen molar-refractivity contribution in [1.82, 2.24) is 4.90 Å². The summed E-state index contributed by atoms with van der Waals surface area (Å²) >= 11 is 0. The normalized spacial score (nSPS) is 15.6. The smallest absolute Gasteiger partial charge is 0.230 e. The van der Waals surface area contributed by atoms with E-state index in [1.165, 1.54) is 6.26 Å². The average Bonchev–Trinajstić information content (AvgIpc) is 2.91. The lowest BCUT2D eigenvalue weighted by Gasteiger charge is -2.13.